The number of nitrogens with zero attached hydrogens (tertiary/aromatic N) is 2. The highest BCUT2D eigenvalue weighted by molar-refractivity contribution is 5.94. The van der Waals surface area contributed by atoms with Gasteiger partial charge < -0.3 is 19.6 Å². The molecule has 0 saturated carbocycles. The zero-order chi connectivity index (χ0) is 16.9. The third kappa shape index (κ3) is 3.72. The fourth-order valence-electron chi connectivity index (χ4n) is 2.29. The molecule has 6 heteroatoms. The van der Waals surface area contributed by atoms with Gasteiger partial charge in [-0.3, -0.25) is 4.79 Å². The lowest BCUT2D eigenvalue weighted by Crippen LogP contribution is -2.34. The maximum absolute atomic E-state index is 12.1. The van der Waals surface area contributed by atoms with Crippen molar-refractivity contribution in [2.45, 2.75) is 19.6 Å². The number of aliphatic hydroxyl groups excluding tert-OH is 1. The summed E-state index contributed by atoms with van der Waals surface area (Å²) in [4.78, 5) is 16.5. The SMILES string of the molecule is C[C@@H](CO)NC(=O)c1cccc(OCc2cn3ccccc3n2)c1. The van der Waals surface area contributed by atoms with Crippen LogP contribution in [0.15, 0.2) is 54.9 Å². The molecule has 0 bridgehead atoms. The highest BCUT2D eigenvalue weighted by Crippen LogP contribution is 2.15. The van der Waals surface area contributed by atoms with Gasteiger partial charge in [-0.2, -0.15) is 0 Å². The van der Waals surface area contributed by atoms with Gasteiger partial charge in [0.2, 0.25) is 0 Å². The number of amides is 1. The summed E-state index contributed by atoms with van der Waals surface area (Å²) in [5.41, 5.74) is 2.16. The molecule has 0 radical (unpaired) electrons. The minimum atomic E-state index is -0.292. The number of hydrogen-bond acceptors (Lipinski definition) is 4. The maximum atomic E-state index is 12.1. The summed E-state index contributed by atoms with van der Waals surface area (Å²) in [5, 5.41) is 11.7. The normalized spacial score (nSPS) is 12.1. The average molecular weight is 325 g/mol. The van der Waals surface area contributed by atoms with E-state index in [2.05, 4.69) is 10.3 Å². The molecule has 0 saturated heterocycles. The molecule has 2 N–H and O–H groups in total. The van der Waals surface area contributed by atoms with E-state index in [-0.39, 0.29) is 18.6 Å². The molecular formula is C18H19N3O3. The van der Waals surface area contributed by atoms with Crippen molar-refractivity contribution in [2.75, 3.05) is 6.61 Å². The first-order valence-electron chi connectivity index (χ1n) is 7.73. The van der Waals surface area contributed by atoms with Crippen LogP contribution in [0.25, 0.3) is 5.65 Å². The first kappa shape index (κ1) is 16.0. The molecule has 6 nitrogen and oxygen atoms in total. The Morgan fingerprint density at radius 3 is 3.00 bits per heavy atom. The van der Waals surface area contributed by atoms with Crippen LogP contribution < -0.4 is 10.1 Å². The molecule has 0 fully saturated rings. The molecule has 124 valence electrons. The van der Waals surface area contributed by atoms with Crippen molar-refractivity contribution in [3.05, 3.63) is 66.1 Å². The van der Waals surface area contributed by atoms with Gasteiger partial charge in [0, 0.05) is 24.0 Å². The van der Waals surface area contributed by atoms with Gasteiger partial charge in [0.1, 0.15) is 18.0 Å². The zero-order valence-corrected chi connectivity index (χ0v) is 13.3. The number of nitrogens with one attached hydrogen (secondary N) is 1. The van der Waals surface area contributed by atoms with Crippen LogP contribution in [0.2, 0.25) is 0 Å². The first-order valence-corrected chi connectivity index (χ1v) is 7.73. The number of aromatic nitrogens is 2. The third-order valence-electron chi connectivity index (χ3n) is 3.55. The fourth-order valence-corrected chi connectivity index (χ4v) is 2.29. The maximum Gasteiger partial charge on any atom is 0.251 e. The molecule has 1 aromatic carbocycles. The second-order valence-electron chi connectivity index (χ2n) is 5.57. The highest BCUT2D eigenvalue weighted by Gasteiger charge is 2.10. The van der Waals surface area contributed by atoms with Crippen LogP contribution in [-0.2, 0) is 6.61 Å². The van der Waals surface area contributed by atoms with Gasteiger partial charge in [0.15, 0.2) is 0 Å². The van der Waals surface area contributed by atoms with Crippen molar-refractivity contribution in [1.29, 1.82) is 0 Å². The Morgan fingerprint density at radius 1 is 1.33 bits per heavy atom. The van der Waals surface area contributed by atoms with Crippen LogP contribution in [0.3, 0.4) is 0 Å². The van der Waals surface area contributed by atoms with Crippen molar-refractivity contribution in [2.24, 2.45) is 0 Å². The van der Waals surface area contributed by atoms with Crippen LogP contribution in [0.1, 0.15) is 23.0 Å². The van der Waals surface area contributed by atoms with Gasteiger partial charge in [-0.15, -0.1) is 0 Å². The number of benzene rings is 1. The number of carbonyl (C=O) groups excluding carboxylic acids is 1. The minimum Gasteiger partial charge on any atom is -0.487 e. The number of imidazole rings is 1. The van der Waals surface area contributed by atoms with E-state index < -0.39 is 0 Å². The number of carbonyl (C=O) groups is 1. The Labute approximate surface area is 139 Å². The van der Waals surface area contributed by atoms with Gasteiger partial charge in [-0.05, 0) is 37.3 Å². The van der Waals surface area contributed by atoms with E-state index in [1.54, 1.807) is 31.2 Å². The molecule has 24 heavy (non-hydrogen) atoms. The summed E-state index contributed by atoms with van der Waals surface area (Å²) in [5.74, 6) is 0.353. The van der Waals surface area contributed by atoms with Gasteiger partial charge in [-0.1, -0.05) is 12.1 Å². The number of hydrogen-bond donors (Lipinski definition) is 2. The van der Waals surface area contributed by atoms with Crippen LogP contribution in [0.4, 0.5) is 0 Å². The van der Waals surface area contributed by atoms with Crippen LogP contribution in [0.5, 0.6) is 5.75 Å². The smallest absolute Gasteiger partial charge is 0.251 e. The summed E-state index contributed by atoms with van der Waals surface area (Å²) in [7, 11) is 0. The lowest BCUT2D eigenvalue weighted by molar-refractivity contribution is 0.0922. The molecule has 2 aromatic heterocycles. The zero-order valence-electron chi connectivity index (χ0n) is 13.3. The third-order valence-corrected chi connectivity index (χ3v) is 3.55. The Bertz CT molecular complexity index is 811. The van der Waals surface area contributed by atoms with Gasteiger partial charge in [0.25, 0.3) is 5.91 Å². The number of pyridine rings is 1. The van der Waals surface area contributed by atoms with Gasteiger partial charge in [-0.25, -0.2) is 4.98 Å². The van der Waals surface area contributed by atoms with Crippen LogP contribution in [-0.4, -0.2) is 33.0 Å². The Morgan fingerprint density at radius 2 is 2.21 bits per heavy atom. The molecular weight excluding hydrogens is 306 g/mol. The molecule has 2 heterocycles. The Balaban J connectivity index is 1.67. The number of rotatable bonds is 6. The quantitative estimate of drug-likeness (QED) is 0.727. The number of ether oxygens (including phenoxy) is 1. The van der Waals surface area contributed by atoms with Gasteiger partial charge in [0.05, 0.1) is 12.3 Å². The molecule has 0 aliphatic carbocycles. The van der Waals surface area contributed by atoms with Crippen molar-refractivity contribution < 1.29 is 14.6 Å². The molecule has 0 aliphatic rings. The standard InChI is InChI=1S/C18H19N3O3/c1-13(11-22)19-18(23)14-5-4-6-16(9-14)24-12-15-10-21-8-3-2-7-17(21)20-15/h2-10,13,22H,11-12H2,1H3,(H,19,23)/t13-/m0/s1. The highest BCUT2D eigenvalue weighted by atomic mass is 16.5. The van der Waals surface area contributed by atoms with E-state index in [1.807, 2.05) is 35.0 Å². The molecule has 0 aliphatic heterocycles. The van der Waals surface area contributed by atoms with Crippen molar-refractivity contribution in [3.63, 3.8) is 0 Å². The number of fused-ring (bicyclic) bond motifs is 1. The van der Waals surface area contributed by atoms with Crippen LogP contribution in [0, 0.1) is 0 Å². The molecule has 3 rings (SSSR count). The minimum absolute atomic E-state index is 0.101. The predicted octanol–water partition coefficient (Wildman–Crippen LogP) is 2.02. The fraction of sp³-hybridized carbons (Fsp3) is 0.222. The van der Waals surface area contributed by atoms with E-state index in [1.165, 1.54) is 0 Å². The van der Waals surface area contributed by atoms with E-state index in [9.17, 15) is 4.79 Å². The summed E-state index contributed by atoms with van der Waals surface area (Å²) >= 11 is 0. The Hall–Kier alpha value is -2.86. The largest absolute Gasteiger partial charge is 0.487 e. The van der Waals surface area contributed by atoms with Crippen molar-refractivity contribution in [1.82, 2.24) is 14.7 Å². The lowest BCUT2D eigenvalue weighted by Gasteiger charge is -2.11. The van der Waals surface area contributed by atoms with Crippen molar-refractivity contribution >= 4 is 11.6 Å². The van der Waals surface area contributed by atoms with E-state index in [4.69, 9.17) is 9.84 Å². The topological polar surface area (TPSA) is 75.9 Å². The van der Waals surface area contributed by atoms with E-state index in [0.29, 0.717) is 17.9 Å². The van der Waals surface area contributed by atoms with Gasteiger partial charge >= 0.3 is 0 Å². The monoisotopic (exact) mass is 325 g/mol. The molecule has 0 spiro atoms. The molecule has 3 aromatic rings. The second kappa shape index (κ2) is 7.14. The first-order chi connectivity index (χ1) is 11.7. The molecule has 0 unspecified atom stereocenters. The predicted molar refractivity (Wildman–Crippen MR) is 90.0 cm³/mol. The lowest BCUT2D eigenvalue weighted by atomic mass is 10.2. The molecule has 1 atom stereocenters. The summed E-state index contributed by atoms with van der Waals surface area (Å²) < 4.78 is 7.67. The summed E-state index contributed by atoms with van der Waals surface area (Å²) in [6.07, 6.45) is 3.84. The summed E-state index contributed by atoms with van der Waals surface area (Å²) in [6, 6.07) is 12.4. The number of aliphatic hydroxyl groups is 1. The van der Waals surface area contributed by atoms with Crippen LogP contribution >= 0.6 is 0 Å². The summed E-state index contributed by atoms with van der Waals surface area (Å²) in [6.45, 7) is 1.96. The Kier molecular flexibility index (Phi) is 4.77. The molecule has 1 amide bonds. The van der Waals surface area contributed by atoms with E-state index >= 15 is 0 Å². The van der Waals surface area contributed by atoms with E-state index in [0.717, 1.165) is 11.3 Å². The average Bonchev–Trinajstić information content (AvgIpc) is 3.03. The van der Waals surface area contributed by atoms with Crippen molar-refractivity contribution in [3.8, 4) is 5.75 Å². The second-order valence-corrected chi connectivity index (χ2v) is 5.57.